The summed E-state index contributed by atoms with van der Waals surface area (Å²) < 4.78 is 0. The van der Waals surface area contributed by atoms with Gasteiger partial charge in [-0.25, -0.2) is 4.99 Å². The van der Waals surface area contributed by atoms with Crippen LogP contribution in [0.5, 0.6) is 0 Å². The summed E-state index contributed by atoms with van der Waals surface area (Å²) in [7, 11) is 0. The monoisotopic (exact) mass is 356 g/mol. The Hall–Kier alpha value is -3.34. The Morgan fingerprint density at radius 2 is 1.89 bits per heavy atom. The fourth-order valence-corrected chi connectivity index (χ4v) is 3.42. The predicted molar refractivity (Wildman–Crippen MR) is 110 cm³/mol. The minimum Gasteiger partial charge on any atom is -0.296 e. The van der Waals surface area contributed by atoms with Gasteiger partial charge in [0.05, 0.1) is 17.1 Å². The molecule has 4 rings (SSSR count). The number of benzene rings is 2. The van der Waals surface area contributed by atoms with E-state index in [9.17, 15) is 4.79 Å². The molecule has 5 heteroatoms. The lowest BCUT2D eigenvalue weighted by atomic mass is 9.79. The summed E-state index contributed by atoms with van der Waals surface area (Å²) in [5.74, 6) is 0. The number of hydrogen-bond donors (Lipinski definition) is 1. The molecule has 134 valence electrons. The van der Waals surface area contributed by atoms with E-state index in [1.807, 2.05) is 49.5 Å². The molecule has 5 nitrogen and oxygen atoms in total. The number of nitrogens with one attached hydrogen (secondary N) is 1. The zero-order chi connectivity index (χ0) is 19.0. The number of carbonyl (C=O) groups excluding carboxylic acids is 1. The van der Waals surface area contributed by atoms with E-state index in [0.29, 0.717) is 11.4 Å². The maximum Gasteiger partial charge on any atom is 0.172 e. The largest absolute Gasteiger partial charge is 0.296 e. The maximum atomic E-state index is 11.8. The topological polar surface area (TPSA) is 66.7 Å². The number of anilines is 1. The molecule has 1 N–H and O–H groups in total. The van der Waals surface area contributed by atoms with Gasteiger partial charge in [-0.15, -0.1) is 0 Å². The Balaban J connectivity index is 1.76. The molecule has 0 amide bonds. The summed E-state index contributed by atoms with van der Waals surface area (Å²) in [5, 5.41) is 6.40. The molecule has 0 fully saturated rings. The van der Waals surface area contributed by atoms with Crippen molar-refractivity contribution in [3.63, 3.8) is 0 Å². The van der Waals surface area contributed by atoms with Gasteiger partial charge in [0.1, 0.15) is 5.71 Å². The van der Waals surface area contributed by atoms with Gasteiger partial charge in [-0.1, -0.05) is 29.8 Å². The second-order valence-corrected chi connectivity index (χ2v) is 7.24. The van der Waals surface area contributed by atoms with Crippen molar-refractivity contribution < 1.29 is 4.79 Å². The van der Waals surface area contributed by atoms with E-state index in [1.165, 1.54) is 5.56 Å². The first-order valence-corrected chi connectivity index (χ1v) is 8.83. The van der Waals surface area contributed by atoms with Crippen molar-refractivity contribution in [2.45, 2.75) is 26.2 Å². The van der Waals surface area contributed by atoms with Crippen LogP contribution in [0.3, 0.4) is 0 Å². The number of aryl methyl sites for hydroxylation is 1. The number of aromatic nitrogens is 1. The molecule has 2 heterocycles. The average Bonchev–Trinajstić information content (AvgIpc) is 2.95. The molecular weight excluding hydrogens is 336 g/mol. The molecular formula is C22H20N4O. The van der Waals surface area contributed by atoms with E-state index in [4.69, 9.17) is 4.99 Å². The number of hydrazone groups is 1. The fourth-order valence-electron chi connectivity index (χ4n) is 3.42. The van der Waals surface area contributed by atoms with Crippen LogP contribution in [-0.2, 0) is 10.2 Å². The molecule has 0 unspecified atom stereocenters. The van der Waals surface area contributed by atoms with Gasteiger partial charge in [0, 0.05) is 28.6 Å². The first kappa shape index (κ1) is 17.1. The van der Waals surface area contributed by atoms with Gasteiger partial charge in [0.15, 0.2) is 6.29 Å². The number of fused-ring (bicyclic) bond motifs is 3. The number of rotatable bonds is 4. The van der Waals surface area contributed by atoms with Gasteiger partial charge in [0.2, 0.25) is 0 Å². The second-order valence-electron chi connectivity index (χ2n) is 7.24. The molecule has 1 aliphatic rings. The third kappa shape index (κ3) is 2.91. The SMILES string of the molecule is Cc1ccc(N/N=C(\C=O)C2=Nc3c(ccc4cnccc34)C2(C)C)cc1. The van der Waals surface area contributed by atoms with E-state index >= 15 is 0 Å². The molecule has 0 saturated heterocycles. The molecule has 0 bridgehead atoms. The van der Waals surface area contributed by atoms with Gasteiger partial charge >= 0.3 is 0 Å². The van der Waals surface area contributed by atoms with Gasteiger partial charge in [0.25, 0.3) is 0 Å². The smallest absolute Gasteiger partial charge is 0.172 e. The van der Waals surface area contributed by atoms with Crippen LogP contribution < -0.4 is 5.43 Å². The molecule has 27 heavy (non-hydrogen) atoms. The minimum atomic E-state index is -0.415. The van der Waals surface area contributed by atoms with E-state index in [2.05, 4.69) is 35.4 Å². The molecule has 3 aromatic rings. The van der Waals surface area contributed by atoms with Gasteiger partial charge < -0.3 is 0 Å². The zero-order valence-corrected chi connectivity index (χ0v) is 15.5. The van der Waals surface area contributed by atoms with Crippen LogP contribution in [0.1, 0.15) is 25.0 Å². The highest BCUT2D eigenvalue weighted by Gasteiger charge is 2.38. The number of aliphatic imine (C=N–C) groups is 1. The summed E-state index contributed by atoms with van der Waals surface area (Å²) in [4.78, 5) is 20.8. The first-order valence-electron chi connectivity index (χ1n) is 8.83. The first-order chi connectivity index (χ1) is 13.0. The maximum absolute atomic E-state index is 11.8. The van der Waals surface area contributed by atoms with Gasteiger partial charge in [-0.3, -0.25) is 15.2 Å². The van der Waals surface area contributed by atoms with E-state index < -0.39 is 5.41 Å². The fraction of sp³-hybridized carbons (Fsp3) is 0.182. The summed E-state index contributed by atoms with van der Waals surface area (Å²) >= 11 is 0. The lowest BCUT2D eigenvalue weighted by molar-refractivity contribution is -0.102. The molecule has 0 aliphatic carbocycles. The van der Waals surface area contributed by atoms with Crippen molar-refractivity contribution in [3.8, 4) is 0 Å². The molecule has 1 aliphatic heterocycles. The Morgan fingerprint density at radius 3 is 2.63 bits per heavy atom. The van der Waals surface area contributed by atoms with Crippen molar-refractivity contribution in [1.29, 1.82) is 0 Å². The van der Waals surface area contributed by atoms with E-state index in [-0.39, 0.29) is 0 Å². The highest BCUT2D eigenvalue weighted by Crippen LogP contribution is 2.44. The summed E-state index contributed by atoms with van der Waals surface area (Å²) in [6.07, 6.45) is 4.35. The van der Waals surface area contributed by atoms with E-state index in [0.717, 1.165) is 34.0 Å². The molecule has 0 atom stereocenters. The summed E-state index contributed by atoms with van der Waals surface area (Å²) in [6.45, 7) is 6.15. The van der Waals surface area contributed by atoms with Crippen molar-refractivity contribution in [2.75, 3.05) is 5.43 Å². The molecule has 2 aromatic carbocycles. The third-order valence-electron chi connectivity index (χ3n) is 4.99. The molecule has 0 saturated carbocycles. The Labute approximate surface area is 157 Å². The normalized spacial score (nSPS) is 15.4. The summed E-state index contributed by atoms with van der Waals surface area (Å²) in [6, 6.07) is 13.9. The van der Waals surface area contributed by atoms with Crippen LogP contribution in [0.2, 0.25) is 0 Å². The molecule has 0 radical (unpaired) electrons. The van der Waals surface area contributed by atoms with Gasteiger partial charge in [-0.05, 0) is 44.5 Å². The molecule has 1 aromatic heterocycles. The van der Waals surface area contributed by atoms with Crippen molar-refractivity contribution in [1.82, 2.24) is 4.98 Å². The molecule has 0 spiro atoms. The number of carbonyl (C=O) groups is 1. The van der Waals surface area contributed by atoms with Crippen LogP contribution in [-0.4, -0.2) is 22.7 Å². The van der Waals surface area contributed by atoms with Crippen LogP contribution in [0.4, 0.5) is 11.4 Å². The lowest BCUT2D eigenvalue weighted by Gasteiger charge is -2.21. The second kappa shape index (κ2) is 6.43. The Kier molecular flexibility index (Phi) is 4.07. The number of nitrogens with zero attached hydrogens (tertiary/aromatic N) is 3. The van der Waals surface area contributed by atoms with E-state index in [1.54, 1.807) is 6.20 Å². The van der Waals surface area contributed by atoms with Crippen molar-refractivity contribution >= 4 is 39.9 Å². The van der Waals surface area contributed by atoms with Crippen LogP contribution in [0, 0.1) is 6.92 Å². The van der Waals surface area contributed by atoms with Crippen LogP contribution >= 0.6 is 0 Å². The predicted octanol–water partition coefficient (Wildman–Crippen LogP) is 4.57. The highest BCUT2D eigenvalue weighted by molar-refractivity contribution is 6.64. The third-order valence-corrected chi connectivity index (χ3v) is 4.99. The minimum absolute atomic E-state index is 0.305. The number of aldehydes is 1. The van der Waals surface area contributed by atoms with Gasteiger partial charge in [-0.2, -0.15) is 5.10 Å². The quantitative estimate of drug-likeness (QED) is 0.423. The summed E-state index contributed by atoms with van der Waals surface area (Å²) in [5.41, 5.74) is 7.48. The Bertz CT molecular complexity index is 1100. The average molecular weight is 356 g/mol. The van der Waals surface area contributed by atoms with Crippen LogP contribution in [0.25, 0.3) is 10.8 Å². The van der Waals surface area contributed by atoms with Crippen molar-refractivity contribution in [3.05, 3.63) is 66.0 Å². The highest BCUT2D eigenvalue weighted by atomic mass is 16.1. The van der Waals surface area contributed by atoms with Crippen molar-refractivity contribution in [2.24, 2.45) is 10.1 Å². The number of pyridine rings is 1. The standard InChI is InChI=1S/C22H20N4O/c1-14-4-7-16(8-5-14)25-26-19(13-27)21-22(2,3)18-9-6-15-12-23-11-10-17(15)20(18)24-21/h4-13,25H,1-3H3/b26-19+. The zero-order valence-electron chi connectivity index (χ0n) is 15.5. The Morgan fingerprint density at radius 1 is 1.11 bits per heavy atom. The number of hydrogen-bond acceptors (Lipinski definition) is 5. The van der Waals surface area contributed by atoms with Crippen LogP contribution in [0.15, 0.2) is 65.0 Å². The lowest BCUT2D eigenvalue weighted by Crippen LogP contribution is -2.33.